The minimum absolute atomic E-state index is 0.176. The largest absolute Gasteiger partial charge is 0.478 e. The van der Waals surface area contributed by atoms with Crippen LogP contribution < -0.4 is 22.8 Å². The number of rotatable bonds is 4. The summed E-state index contributed by atoms with van der Waals surface area (Å²) >= 11 is 0. The highest BCUT2D eigenvalue weighted by Gasteiger charge is 1.91. The van der Waals surface area contributed by atoms with Gasteiger partial charge in [-0.15, -0.1) is 0 Å². The maximum absolute atomic E-state index is 10.2. The summed E-state index contributed by atoms with van der Waals surface area (Å²) in [6.07, 6.45) is 0. The summed E-state index contributed by atoms with van der Waals surface area (Å²) in [7, 11) is 0. The van der Waals surface area contributed by atoms with Crippen molar-refractivity contribution in [2.24, 2.45) is 5.73 Å². The zero-order valence-corrected chi connectivity index (χ0v) is 18.6. The van der Waals surface area contributed by atoms with Gasteiger partial charge in [0.05, 0.1) is 0 Å². The fraction of sp³-hybridized carbons (Fsp3) is 0.211. The average Bonchev–Trinajstić information content (AvgIpc) is 2.62. The van der Waals surface area contributed by atoms with Crippen molar-refractivity contribution in [2.45, 2.75) is 27.7 Å². The zero-order valence-electron chi connectivity index (χ0n) is 18.6. The SMILES string of the molecule is C=C(C)C(=O)O.C=C(C)C(=O)O.C=C(C)C(=O)O.C=C(C)C(N)=O.O=c1[nH]c(=O)[nH]c(=O)[nH]1. The maximum Gasteiger partial charge on any atom is 0.330 e. The van der Waals surface area contributed by atoms with Crippen LogP contribution in [0.1, 0.15) is 27.7 Å². The van der Waals surface area contributed by atoms with E-state index in [9.17, 15) is 33.6 Å². The van der Waals surface area contributed by atoms with Crippen LogP contribution in [0.2, 0.25) is 0 Å². The molecule has 0 aromatic carbocycles. The first-order chi connectivity index (χ1) is 14.8. The molecule has 184 valence electrons. The summed E-state index contributed by atoms with van der Waals surface area (Å²) in [5, 5.41) is 23.7. The molecule has 0 saturated heterocycles. The van der Waals surface area contributed by atoms with Crippen molar-refractivity contribution < 1.29 is 34.5 Å². The molecule has 1 heterocycles. The molecule has 0 aliphatic carbocycles. The van der Waals surface area contributed by atoms with E-state index in [2.05, 4.69) is 26.3 Å². The van der Waals surface area contributed by atoms with Crippen molar-refractivity contribution >= 4 is 23.8 Å². The number of primary amides is 1. The van der Waals surface area contributed by atoms with Gasteiger partial charge >= 0.3 is 35.0 Å². The molecular weight excluding hydrogens is 444 g/mol. The van der Waals surface area contributed by atoms with E-state index in [1.54, 1.807) is 21.9 Å². The second-order valence-corrected chi connectivity index (χ2v) is 5.76. The summed E-state index contributed by atoms with van der Waals surface area (Å²) in [6.45, 7) is 18.7. The van der Waals surface area contributed by atoms with Crippen LogP contribution in [-0.2, 0) is 19.2 Å². The van der Waals surface area contributed by atoms with Gasteiger partial charge < -0.3 is 21.1 Å². The standard InChI is InChI=1S/C4H7NO.3C4H6O2.C3H3N3O3/c4*1-3(2)4(5)6;7-1-4-2(8)6-3(9)5-1/h1H2,2H3,(H2,5,6);3*1H2,2H3,(H,5,6);(H3,4,5,6,7,8,9). The van der Waals surface area contributed by atoms with Crippen molar-refractivity contribution in [3.05, 3.63) is 80.1 Å². The number of H-pyrrole nitrogens is 3. The van der Waals surface area contributed by atoms with Crippen LogP contribution in [0.15, 0.2) is 63.0 Å². The molecule has 8 N–H and O–H groups in total. The monoisotopic (exact) mass is 472 g/mol. The Labute approximate surface area is 187 Å². The number of nitrogens with one attached hydrogen (secondary N) is 3. The molecule has 0 aliphatic rings. The van der Waals surface area contributed by atoms with Crippen molar-refractivity contribution in [1.29, 1.82) is 0 Å². The molecular formula is C19H28N4O10. The van der Waals surface area contributed by atoms with Gasteiger partial charge in [0.15, 0.2) is 0 Å². The number of nitrogens with two attached hydrogens (primary N) is 1. The average molecular weight is 472 g/mol. The second kappa shape index (κ2) is 19.2. The molecule has 0 fully saturated rings. The quantitative estimate of drug-likeness (QED) is 0.282. The van der Waals surface area contributed by atoms with Crippen molar-refractivity contribution in [3.63, 3.8) is 0 Å². The minimum Gasteiger partial charge on any atom is -0.478 e. The Morgan fingerprint density at radius 1 is 0.576 bits per heavy atom. The van der Waals surface area contributed by atoms with E-state index >= 15 is 0 Å². The molecule has 0 saturated carbocycles. The number of carboxylic acid groups (broad SMARTS) is 3. The molecule has 0 spiro atoms. The first-order valence-electron chi connectivity index (χ1n) is 8.30. The van der Waals surface area contributed by atoms with E-state index in [4.69, 9.17) is 21.1 Å². The van der Waals surface area contributed by atoms with E-state index in [0.717, 1.165) is 0 Å². The number of amides is 1. The Morgan fingerprint density at radius 3 is 0.758 bits per heavy atom. The van der Waals surface area contributed by atoms with E-state index in [0.29, 0.717) is 5.57 Å². The van der Waals surface area contributed by atoms with Gasteiger partial charge in [-0.05, 0) is 27.7 Å². The fourth-order valence-electron chi connectivity index (χ4n) is 0.403. The first kappa shape index (κ1) is 35.7. The molecule has 0 bridgehead atoms. The van der Waals surface area contributed by atoms with Crippen LogP contribution in [0.4, 0.5) is 0 Å². The highest BCUT2D eigenvalue weighted by Crippen LogP contribution is 1.82. The lowest BCUT2D eigenvalue weighted by atomic mass is 10.3. The number of aliphatic carboxylic acids is 3. The van der Waals surface area contributed by atoms with Crippen LogP contribution in [0.5, 0.6) is 0 Å². The lowest BCUT2D eigenvalue weighted by Gasteiger charge is -1.81. The number of aromatic amines is 3. The predicted octanol–water partition coefficient (Wildman–Crippen LogP) is -0.259. The summed E-state index contributed by atoms with van der Waals surface area (Å²) in [5.74, 6) is -3.24. The van der Waals surface area contributed by atoms with Crippen LogP contribution in [-0.4, -0.2) is 54.1 Å². The van der Waals surface area contributed by atoms with Gasteiger partial charge in [0.25, 0.3) is 0 Å². The molecule has 1 aromatic heterocycles. The van der Waals surface area contributed by atoms with Gasteiger partial charge in [-0.25, -0.2) is 28.8 Å². The van der Waals surface area contributed by atoms with E-state index in [1.807, 2.05) is 0 Å². The third kappa shape index (κ3) is 32.1. The molecule has 1 aromatic rings. The lowest BCUT2D eigenvalue weighted by Crippen LogP contribution is -2.34. The summed E-state index contributed by atoms with van der Waals surface area (Å²) in [6, 6.07) is 0. The van der Waals surface area contributed by atoms with Gasteiger partial charge in [0, 0.05) is 22.3 Å². The van der Waals surface area contributed by atoms with Gasteiger partial charge in [-0.3, -0.25) is 19.7 Å². The predicted molar refractivity (Wildman–Crippen MR) is 120 cm³/mol. The van der Waals surface area contributed by atoms with E-state index in [-0.39, 0.29) is 16.7 Å². The van der Waals surface area contributed by atoms with Gasteiger partial charge in [-0.2, -0.15) is 0 Å². The van der Waals surface area contributed by atoms with Gasteiger partial charge in [-0.1, -0.05) is 26.3 Å². The molecule has 0 unspecified atom stereocenters. The molecule has 14 heteroatoms. The second-order valence-electron chi connectivity index (χ2n) is 5.76. The fourth-order valence-corrected chi connectivity index (χ4v) is 0.403. The number of carbonyl (C=O) groups is 4. The Morgan fingerprint density at radius 2 is 0.697 bits per heavy atom. The lowest BCUT2D eigenvalue weighted by molar-refractivity contribution is -0.133. The number of aromatic nitrogens is 3. The molecule has 0 aliphatic heterocycles. The number of hydrogen-bond acceptors (Lipinski definition) is 7. The molecule has 0 radical (unpaired) electrons. The van der Waals surface area contributed by atoms with Crippen LogP contribution in [0.25, 0.3) is 0 Å². The number of hydrogen-bond donors (Lipinski definition) is 7. The smallest absolute Gasteiger partial charge is 0.330 e. The van der Waals surface area contributed by atoms with Crippen LogP contribution >= 0.6 is 0 Å². The summed E-state index contributed by atoms with van der Waals surface area (Å²) in [4.78, 5) is 74.5. The Bertz CT molecular complexity index is 835. The third-order valence-corrected chi connectivity index (χ3v) is 2.20. The maximum atomic E-state index is 10.2. The Kier molecular flexibility index (Phi) is 20.8. The Hall–Kier alpha value is -4.75. The highest BCUT2D eigenvalue weighted by atomic mass is 16.4. The van der Waals surface area contributed by atoms with Crippen LogP contribution in [0.3, 0.4) is 0 Å². The molecule has 1 amide bonds. The normalized spacial score (nSPS) is 8.00. The van der Waals surface area contributed by atoms with Gasteiger partial charge in [0.2, 0.25) is 5.91 Å². The topological polar surface area (TPSA) is 254 Å². The van der Waals surface area contributed by atoms with E-state index < -0.39 is 40.9 Å². The van der Waals surface area contributed by atoms with Crippen LogP contribution in [0, 0.1) is 0 Å². The van der Waals surface area contributed by atoms with E-state index in [1.165, 1.54) is 20.8 Å². The highest BCUT2D eigenvalue weighted by molar-refractivity contribution is 5.90. The minimum atomic E-state index is -0.935. The molecule has 0 atom stereocenters. The van der Waals surface area contributed by atoms with Crippen molar-refractivity contribution in [2.75, 3.05) is 0 Å². The number of carbonyl (C=O) groups excluding carboxylic acids is 1. The zero-order chi connectivity index (χ0) is 27.5. The van der Waals surface area contributed by atoms with Crippen molar-refractivity contribution in [1.82, 2.24) is 15.0 Å². The van der Waals surface area contributed by atoms with Gasteiger partial charge in [0.1, 0.15) is 0 Å². The number of carboxylic acids is 3. The molecule has 1 rings (SSSR count). The molecule has 33 heavy (non-hydrogen) atoms. The Balaban J connectivity index is -0.000000162. The molecule has 14 nitrogen and oxygen atoms in total. The van der Waals surface area contributed by atoms with Crippen molar-refractivity contribution in [3.8, 4) is 0 Å². The third-order valence-electron chi connectivity index (χ3n) is 2.20. The first-order valence-corrected chi connectivity index (χ1v) is 8.30. The summed E-state index contributed by atoms with van der Waals surface area (Å²) < 4.78 is 0. The summed E-state index contributed by atoms with van der Waals surface area (Å²) in [5.41, 5.74) is 3.22.